The van der Waals surface area contributed by atoms with E-state index in [1.54, 1.807) is 0 Å². The second kappa shape index (κ2) is 7.67. The Labute approximate surface area is 103 Å². The zero-order chi connectivity index (χ0) is 11.1. The zero-order valence-corrected chi connectivity index (χ0v) is 11.8. The first kappa shape index (κ1) is 13.5. The Kier molecular flexibility index (Phi) is 6.91. The van der Waals surface area contributed by atoms with Crippen molar-refractivity contribution in [2.75, 3.05) is 13.2 Å². The summed E-state index contributed by atoms with van der Waals surface area (Å²) < 4.78 is 5.57. The number of halogens is 1. The maximum Gasteiger partial charge on any atom is 0.0505 e. The molecule has 1 aliphatic rings. The molecule has 2 heteroatoms. The van der Waals surface area contributed by atoms with Crippen LogP contribution in [0, 0.1) is 11.8 Å². The van der Waals surface area contributed by atoms with Crippen LogP contribution < -0.4 is 0 Å². The Balaban J connectivity index is 2.29. The average molecular weight is 277 g/mol. The van der Waals surface area contributed by atoms with Crippen LogP contribution in [0.1, 0.15) is 52.4 Å². The molecule has 15 heavy (non-hydrogen) atoms. The number of ether oxygens (including phenoxy) is 1. The van der Waals surface area contributed by atoms with E-state index >= 15 is 0 Å². The Morgan fingerprint density at radius 1 is 1.40 bits per heavy atom. The van der Waals surface area contributed by atoms with Crippen molar-refractivity contribution in [3.05, 3.63) is 0 Å². The third kappa shape index (κ3) is 4.86. The quantitative estimate of drug-likeness (QED) is 0.654. The van der Waals surface area contributed by atoms with Gasteiger partial charge in [0.05, 0.1) is 6.61 Å². The second-order valence-electron chi connectivity index (χ2n) is 4.79. The van der Waals surface area contributed by atoms with Gasteiger partial charge >= 0.3 is 0 Å². The molecule has 0 spiro atoms. The van der Waals surface area contributed by atoms with Crippen molar-refractivity contribution >= 4 is 15.9 Å². The predicted octanol–water partition coefficient (Wildman–Crippen LogP) is 4.39. The summed E-state index contributed by atoms with van der Waals surface area (Å²) in [7, 11) is 0. The van der Waals surface area contributed by atoms with Gasteiger partial charge in [0, 0.05) is 11.4 Å². The van der Waals surface area contributed by atoms with E-state index in [0.717, 1.165) is 25.0 Å². The topological polar surface area (TPSA) is 9.23 Å². The molecule has 0 radical (unpaired) electrons. The van der Waals surface area contributed by atoms with Crippen LogP contribution in [-0.2, 0) is 4.74 Å². The molecule has 90 valence electrons. The Morgan fingerprint density at radius 3 is 2.80 bits per heavy atom. The molecule has 1 rings (SSSR count). The van der Waals surface area contributed by atoms with Crippen LogP contribution in [0.25, 0.3) is 0 Å². The monoisotopic (exact) mass is 276 g/mol. The van der Waals surface area contributed by atoms with Crippen molar-refractivity contribution in [2.45, 2.75) is 57.2 Å². The molecule has 1 heterocycles. The van der Waals surface area contributed by atoms with Crippen LogP contribution >= 0.6 is 15.9 Å². The van der Waals surface area contributed by atoms with Gasteiger partial charge < -0.3 is 4.74 Å². The fraction of sp³-hybridized carbons (Fsp3) is 1.00. The fourth-order valence-electron chi connectivity index (χ4n) is 2.40. The first-order valence-electron chi connectivity index (χ1n) is 6.49. The van der Waals surface area contributed by atoms with Gasteiger partial charge in [-0.3, -0.25) is 0 Å². The number of hydrogen-bond acceptors (Lipinski definition) is 1. The summed E-state index contributed by atoms with van der Waals surface area (Å²) in [6.45, 7) is 6.52. The maximum absolute atomic E-state index is 5.57. The Bertz CT molecular complexity index is 161. The van der Waals surface area contributed by atoms with E-state index < -0.39 is 0 Å². The van der Waals surface area contributed by atoms with E-state index in [1.807, 2.05) is 0 Å². The Morgan fingerprint density at radius 2 is 2.20 bits per heavy atom. The molecule has 3 atom stereocenters. The average Bonchev–Trinajstić information content (AvgIpc) is 2.26. The molecule has 0 aromatic heterocycles. The van der Waals surface area contributed by atoms with E-state index in [4.69, 9.17) is 4.74 Å². The van der Waals surface area contributed by atoms with Crippen LogP contribution in [-0.4, -0.2) is 18.0 Å². The standard InChI is InChI=1S/C13H25BrO/c1-3-5-6-11(4-2)9-12-10-15-8-7-13(12)14/h11-13H,3-10H2,1-2H3. The lowest BCUT2D eigenvalue weighted by Gasteiger charge is -2.30. The van der Waals surface area contributed by atoms with E-state index in [2.05, 4.69) is 29.8 Å². The largest absolute Gasteiger partial charge is 0.381 e. The second-order valence-corrected chi connectivity index (χ2v) is 5.97. The van der Waals surface area contributed by atoms with Gasteiger partial charge in [0.2, 0.25) is 0 Å². The molecule has 0 aromatic rings. The number of rotatable bonds is 6. The van der Waals surface area contributed by atoms with Gasteiger partial charge in [-0.05, 0) is 24.7 Å². The summed E-state index contributed by atoms with van der Waals surface area (Å²) in [5, 5.41) is 0. The lowest BCUT2D eigenvalue weighted by atomic mass is 9.86. The van der Waals surface area contributed by atoms with Crippen LogP contribution in [0.15, 0.2) is 0 Å². The van der Waals surface area contributed by atoms with Gasteiger partial charge in [-0.1, -0.05) is 55.5 Å². The van der Waals surface area contributed by atoms with E-state index in [-0.39, 0.29) is 0 Å². The minimum atomic E-state index is 0.696. The fourth-order valence-corrected chi connectivity index (χ4v) is 2.95. The van der Waals surface area contributed by atoms with Gasteiger partial charge in [-0.2, -0.15) is 0 Å². The summed E-state index contributed by atoms with van der Waals surface area (Å²) in [4.78, 5) is 0.696. The summed E-state index contributed by atoms with van der Waals surface area (Å²) in [6.07, 6.45) is 8.00. The maximum atomic E-state index is 5.57. The smallest absolute Gasteiger partial charge is 0.0505 e. The molecule has 3 unspecified atom stereocenters. The van der Waals surface area contributed by atoms with Gasteiger partial charge in [0.1, 0.15) is 0 Å². The first-order chi connectivity index (χ1) is 7.27. The third-order valence-electron chi connectivity index (χ3n) is 3.56. The van der Waals surface area contributed by atoms with E-state index in [0.29, 0.717) is 4.83 Å². The van der Waals surface area contributed by atoms with Crippen LogP contribution in [0.4, 0.5) is 0 Å². The van der Waals surface area contributed by atoms with Crippen molar-refractivity contribution in [2.24, 2.45) is 11.8 Å². The van der Waals surface area contributed by atoms with Crippen molar-refractivity contribution < 1.29 is 4.74 Å². The summed E-state index contributed by atoms with van der Waals surface area (Å²) in [5.41, 5.74) is 0. The highest BCUT2D eigenvalue weighted by atomic mass is 79.9. The highest BCUT2D eigenvalue weighted by molar-refractivity contribution is 9.09. The summed E-state index contributed by atoms with van der Waals surface area (Å²) in [5.74, 6) is 1.66. The molecule has 0 saturated carbocycles. The highest BCUT2D eigenvalue weighted by Crippen LogP contribution is 2.30. The molecule has 1 fully saturated rings. The molecule has 1 aliphatic heterocycles. The van der Waals surface area contributed by atoms with Crippen molar-refractivity contribution in [1.82, 2.24) is 0 Å². The van der Waals surface area contributed by atoms with Gasteiger partial charge in [0.25, 0.3) is 0 Å². The minimum Gasteiger partial charge on any atom is -0.381 e. The van der Waals surface area contributed by atoms with Crippen molar-refractivity contribution in [3.8, 4) is 0 Å². The molecular formula is C13H25BrO. The lowest BCUT2D eigenvalue weighted by molar-refractivity contribution is 0.0498. The first-order valence-corrected chi connectivity index (χ1v) is 7.41. The molecule has 1 nitrogen and oxygen atoms in total. The van der Waals surface area contributed by atoms with Crippen molar-refractivity contribution in [3.63, 3.8) is 0 Å². The lowest BCUT2D eigenvalue weighted by Crippen LogP contribution is -2.29. The minimum absolute atomic E-state index is 0.696. The van der Waals surface area contributed by atoms with Gasteiger partial charge in [-0.25, -0.2) is 0 Å². The zero-order valence-electron chi connectivity index (χ0n) is 10.2. The van der Waals surface area contributed by atoms with Gasteiger partial charge in [0.15, 0.2) is 0 Å². The molecule has 1 saturated heterocycles. The van der Waals surface area contributed by atoms with E-state index in [9.17, 15) is 0 Å². The summed E-state index contributed by atoms with van der Waals surface area (Å²) in [6, 6.07) is 0. The molecule has 0 aromatic carbocycles. The van der Waals surface area contributed by atoms with Crippen LogP contribution in [0.5, 0.6) is 0 Å². The molecule has 0 N–H and O–H groups in total. The molecule has 0 amide bonds. The molecule has 0 aliphatic carbocycles. The molecular weight excluding hydrogens is 252 g/mol. The van der Waals surface area contributed by atoms with Crippen molar-refractivity contribution in [1.29, 1.82) is 0 Å². The normalized spacial score (nSPS) is 29.0. The number of alkyl halides is 1. The highest BCUT2D eigenvalue weighted by Gasteiger charge is 2.25. The predicted molar refractivity (Wildman–Crippen MR) is 69.6 cm³/mol. The SMILES string of the molecule is CCCCC(CC)CC1COCCC1Br. The summed E-state index contributed by atoms with van der Waals surface area (Å²) >= 11 is 3.80. The molecule has 0 bridgehead atoms. The van der Waals surface area contributed by atoms with Crippen LogP contribution in [0.2, 0.25) is 0 Å². The third-order valence-corrected chi connectivity index (χ3v) is 4.77. The Hall–Kier alpha value is 0.440. The number of unbranched alkanes of at least 4 members (excludes halogenated alkanes) is 1. The van der Waals surface area contributed by atoms with Gasteiger partial charge in [-0.15, -0.1) is 0 Å². The van der Waals surface area contributed by atoms with E-state index in [1.165, 1.54) is 38.5 Å². The number of hydrogen-bond donors (Lipinski definition) is 0. The van der Waals surface area contributed by atoms with Crippen LogP contribution in [0.3, 0.4) is 0 Å².